The Morgan fingerprint density at radius 2 is 2.10 bits per heavy atom. The number of nitrogens with two attached hydrogens (primary N) is 1. The van der Waals surface area contributed by atoms with Gasteiger partial charge in [-0.2, -0.15) is 0 Å². The van der Waals surface area contributed by atoms with Crippen molar-refractivity contribution < 1.29 is 0 Å². The van der Waals surface area contributed by atoms with Gasteiger partial charge in [-0.15, -0.1) is 0 Å². The van der Waals surface area contributed by atoms with E-state index in [-0.39, 0.29) is 0 Å². The molecule has 162 valence electrons. The minimum atomic E-state index is 0.386. The van der Waals surface area contributed by atoms with E-state index in [2.05, 4.69) is 67.0 Å². The fraction of sp³-hybridized carbons (Fsp3) is 0.560. The van der Waals surface area contributed by atoms with Crippen LogP contribution in [0.15, 0.2) is 65.0 Å². The van der Waals surface area contributed by atoms with Crippen LogP contribution >= 0.6 is 0 Å². The van der Waals surface area contributed by atoms with E-state index in [0.717, 1.165) is 38.1 Å². The zero-order valence-corrected chi connectivity index (χ0v) is 19.1. The van der Waals surface area contributed by atoms with E-state index in [4.69, 9.17) is 5.73 Å². The standard InChI is InChI=1S/C25H42N4/c1-6-7-9-18-29(5)19-10-8-17-28-25(27-4)14-12-22(3)23-13-11-21(2)24(20-23)15-16-26/h8,11,13,15-17,24H,3,6-7,9-10,12,14,18-20,26H2,1-2,4-5H3,(H,27,28)/b16-15-,17-8+. The molecule has 0 spiro atoms. The molecule has 0 radical (unpaired) electrons. The molecule has 1 atom stereocenters. The second-order valence-corrected chi connectivity index (χ2v) is 7.92. The van der Waals surface area contributed by atoms with Crippen LogP contribution in [0.3, 0.4) is 0 Å². The molecule has 4 nitrogen and oxygen atoms in total. The van der Waals surface area contributed by atoms with E-state index in [9.17, 15) is 0 Å². The molecule has 0 aromatic heterocycles. The van der Waals surface area contributed by atoms with Crippen molar-refractivity contribution in [1.29, 1.82) is 0 Å². The molecule has 0 saturated heterocycles. The van der Waals surface area contributed by atoms with E-state index in [0.29, 0.717) is 5.92 Å². The van der Waals surface area contributed by atoms with Crippen LogP contribution in [0.25, 0.3) is 0 Å². The van der Waals surface area contributed by atoms with Crippen molar-refractivity contribution in [3.8, 4) is 0 Å². The number of hydrogen-bond donors (Lipinski definition) is 2. The number of hydrogen-bond acceptors (Lipinski definition) is 3. The largest absolute Gasteiger partial charge is 0.405 e. The molecule has 1 aliphatic carbocycles. The predicted molar refractivity (Wildman–Crippen MR) is 129 cm³/mol. The third-order valence-electron chi connectivity index (χ3n) is 5.49. The third-order valence-corrected chi connectivity index (χ3v) is 5.49. The van der Waals surface area contributed by atoms with Gasteiger partial charge in [-0.05, 0) is 64.2 Å². The van der Waals surface area contributed by atoms with E-state index < -0.39 is 0 Å². The SMILES string of the molecule is C=C(CCC(=NC)N/C=C/CCN(C)CCCCC)C1=CC=C(C)C(/C=C\N)C1. The fourth-order valence-electron chi connectivity index (χ4n) is 3.39. The molecule has 0 fully saturated rings. The zero-order valence-electron chi connectivity index (χ0n) is 19.1. The van der Waals surface area contributed by atoms with Crippen molar-refractivity contribution in [1.82, 2.24) is 10.2 Å². The minimum absolute atomic E-state index is 0.386. The van der Waals surface area contributed by atoms with Crippen molar-refractivity contribution in [3.63, 3.8) is 0 Å². The summed E-state index contributed by atoms with van der Waals surface area (Å²) >= 11 is 0. The molecule has 4 heteroatoms. The molecule has 1 rings (SSSR count). The highest BCUT2D eigenvalue weighted by atomic mass is 15.1. The van der Waals surface area contributed by atoms with E-state index >= 15 is 0 Å². The number of unbranched alkanes of at least 4 members (excludes halogenated alkanes) is 2. The molecule has 3 N–H and O–H groups in total. The fourth-order valence-corrected chi connectivity index (χ4v) is 3.39. The second kappa shape index (κ2) is 14.9. The lowest BCUT2D eigenvalue weighted by molar-refractivity contribution is 0.331. The third kappa shape index (κ3) is 10.3. The number of aliphatic imine (C=N–C) groups is 1. The summed E-state index contributed by atoms with van der Waals surface area (Å²) < 4.78 is 0. The molecule has 0 aromatic carbocycles. The van der Waals surface area contributed by atoms with Crippen LogP contribution in [-0.2, 0) is 0 Å². The van der Waals surface area contributed by atoms with Gasteiger partial charge in [-0.25, -0.2) is 0 Å². The first-order chi connectivity index (χ1) is 14.0. The first-order valence-electron chi connectivity index (χ1n) is 11.0. The van der Waals surface area contributed by atoms with Gasteiger partial charge in [0, 0.05) is 25.9 Å². The summed E-state index contributed by atoms with van der Waals surface area (Å²) in [4.78, 5) is 6.79. The van der Waals surface area contributed by atoms with Gasteiger partial charge in [0.05, 0.1) is 0 Å². The van der Waals surface area contributed by atoms with Crippen LogP contribution in [0, 0.1) is 5.92 Å². The molecule has 0 aromatic rings. The molecule has 29 heavy (non-hydrogen) atoms. The Morgan fingerprint density at radius 1 is 1.31 bits per heavy atom. The highest BCUT2D eigenvalue weighted by molar-refractivity contribution is 5.83. The molecule has 1 aliphatic rings. The number of amidine groups is 1. The van der Waals surface area contributed by atoms with Gasteiger partial charge in [-0.1, -0.05) is 61.8 Å². The van der Waals surface area contributed by atoms with Crippen LogP contribution in [0.5, 0.6) is 0 Å². The van der Waals surface area contributed by atoms with Gasteiger partial charge in [0.25, 0.3) is 0 Å². The summed E-state index contributed by atoms with van der Waals surface area (Å²) in [6, 6.07) is 0. The Morgan fingerprint density at radius 3 is 2.79 bits per heavy atom. The maximum atomic E-state index is 5.59. The summed E-state index contributed by atoms with van der Waals surface area (Å²) in [7, 11) is 4.04. The highest BCUT2D eigenvalue weighted by Gasteiger charge is 2.15. The number of nitrogens with zero attached hydrogens (tertiary/aromatic N) is 2. The Balaban J connectivity index is 2.34. The molecular weight excluding hydrogens is 356 g/mol. The first-order valence-corrected chi connectivity index (χ1v) is 11.0. The van der Waals surface area contributed by atoms with Crippen molar-refractivity contribution in [3.05, 3.63) is 60.0 Å². The van der Waals surface area contributed by atoms with Gasteiger partial charge < -0.3 is 16.0 Å². The molecule has 0 aliphatic heterocycles. The molecule has 0 heterocycles. The lowest BCUT2D eigenvalue weighted by atomic mass is 9.84. The lowest BCUT2D eigenvalue weighted by Crippen LogP contribution is -2.21. The average Bonchev–Trinajstić information content (AvgIpc) is 2.71. The molecule has 0 amide bonds. The topological polar surface area (TPSA) is 53.7 Å². The quantitative estimate of drug-likeness (QED) is 0.250. The normalized spacial score (nSPS) is 17.8. The molecular formula is C25H42N4. The zero-order chi connectivity index (χ0) is 21.5. The van der Waals surface area contributed by atoms with E-state index in [1.165, 1.54) is 42.5 Å². The van der Waals surface area contributed by atoms with Crippen molar-refractivity contribution in [2.24, 2.45) is 16.6 Å². The van der Waals surface area contributed by atoms with Gasteiger partial charge in [-0.3, -0.25) is 4.99 Å². The monoisotopic (exact) mass is 398 g/mol. The maximum Gasteiger partial charge on any atom is 0.100 e. The summed E-state index contributed by atoms with van der Waals surface area (Å²) in [6.07, 6.45) is 20.0. The van der Waals surface area contributed by atoms with Crippen LogP contribution in [0.2, 0.25) is 0 Å². The Labute approximate surface area is 179 Å². The van der Waals surface area contributed by atoms with Gasteiger partial charge in [0.1, 0.15) is 5.84 Å². The van der Waals surface area contributed by atoms with Crippen LogP contribution < -0.4 is 11.1 Å². The molecule has 0 bridgehead atoms. The van der Waals surface area contributed by atoms with E-state index in [1.807, 2.05) is 13.2 Å². The summed E-state index contributed by atoms with van der Waals surface area (Å²) in [5, 5.41) is 3.34. The van der Waals surface area contributed by atoms with Gasteiger partial charge >= 0.3 is 0 Å². The lowest BCUT2D eigenvalue weighted by Gasteiger charge is -2.21. The minimum Gasteiger partial charge on any atom is -0.405 e. The number of allylic oxidation sites excluding steroid dienone is 6. The summed E-state index contributed by atoms with van der Waals surface area (Å²) in [6.45, 7) is 11.0. The van der Waals surface area contributed by atoms with E-state index in [1.54, 1.807) is 6.20 Å². The number of nitrogens with one attached hydrogen (secondary N) is 1. The van der Waals surface area contributed by atoms with Crippen LogP contribution in [-0.4, -0.2) is 37.9 Å². The maximum absolute atomic E-state index is 5.59. The van der Waals surface area contributed by atoms with Crippen molar-refractivity contribution >= 4 is 5.84 Å². The predicted octanol–water partition coefficient (Wildman–Crippen LogP) is 5.33. The smallest absolute Gasteiger partial charge is 0.100 e. The molecule has 0 saturated carbocycles. The Hall–Kier alpha value is -2.07. The summed E-state index contributed by atoms with van der Waals surface area (Å²) in [5.41, 5.74) is 9.44. The van der Waals surface area contributed by atoms with Crippen molar-refractivity contribution in [2.45, 2.75) is 58.8 Å². The Kier molecular flexibility index (Phi) is 12.8. The molecule has 1 unspecified atom stereocenters. The van der Waals surface area contributed by atoms with Crippen LogP contribution in [0.4, 0.5) is 0 Å². The van der Waals surface area contributed by atoms with Gasteiger partial charge in [0.2, 0.25) is 0 Å². The van der Waals surface area contributed by atoms with Crippen molar-refractivity contribution in [2.75, 3.05) is 27.2 Å². The second-order valence-electron chi connectivity index (χ2n) is 7.92. The van der Waals surface area contributed by atoms with Gasteiger partial charge in [0.15, 0.2) is 0 Å². The number of rotatable bonds is 13. The first kappa shape index (κ1) is 25.0. The summed E-state index contributed by atoms with van der Waals surface area (Å²) in [5.74, 6) is 1.39. The average molecular weight is 399 g/mol. The van der Waals surface area contributed by atoms with Crippen LogP contribution in [0.1, 0.15) is 58.8 Å². The highest BCUT2D eigenvalue weighted by Crippen LogP contribution is 2.30. The Bertz CT molecular complexity index is 637.